The Morgan fingerprint density at radius 1 is 1.23 bits per heavy atom. The molecule has 0 atom stereocenters. The van der Waals surface area contributed by atoms with Crippen LogP contribution in [0.25, 0.3) is 11.5 Å². The zero-order chi connectivity index (χ0) is 15.9. The number of aromatic nitrogens is 2. The Morgan fingerprint density at radius 2 is 1.91 bits per heavy atom. The van der Waals surface area contributed by atoms with Crippen molar-refractivity contribution in [2.75, 3.05) is 0 Å². The maximum atomic E-state index is 12.1. The van der Waals surface area contributed by atoms with Gasteiger partial charge in [0.15, 0.2) is 0 Å². The summed E-state index contributed by atoms with van der Waals surface area (Å²) in [6.07, 6.45) is 0. The zero-order valence-corrected chi connectivity index (χ0v) is 13.5. The predicted octanol–water partition coefficient (Wildman–Crippen LogP) is 2.33. The number of hydrogen-bond acceptors (Lipinski definition) is 5. The fourth-order valence-electron chi connectivity index (χ4n) is 2.12. The topological polar surface area (TPSA) is 88.3 Å². The van der Waals surface area contributed by atoms with Crippen molar-refractivity contribution in [3.05, 3.63) is 34.6 Å². The third-order valence-electron chi connectivity index (χ3n) is 3.30. The highest BCUT2D eigenvalue weighted by Gasteiger charge is 2.44. The molecule has 0 saturated carbocycles. The lowest BCUT2D eigenvalue weighted by molar-refractivity contribution is -0.130. The number of urea groups is 1. The molecule has 0 bridgehead atoms. The summed E-state index contributed by atoms with van der Waals surface area (Å²) in [5.74, 6) is 0.230. The summed E-state index contributed by atoms with van der Waals surface area (Å²) >= 11 is 3.35. The second-order valence-corrected chi connectivity index (χ2v) is 6.37. The Balaban J connectivity index is 1.79. The molecule has 3 amide bonds. The van der Waals surface area contributed by atoms with E-state index in [0.717, 1.165) is 14.9 Å². The van der Waals surface area contributed by atoms with Crippen LogP contribution in [0.5, 0.6) is 0 Å². The Hall–Kier alpha value is -2.22. The van der Waals surface area contributed by atoms with Gasteiger partial charge in [0.05, 0.1) is 0 Å². The highest BCUT2D eigenvalue weighted by atomic mass is 79.9. The molecule has 8 heteroatoms. The maximum absolute atomic E-state index is 12.1. The Morgan fingerprint density at radius 3 is 2.50 bits per heavy atom. The molecule has 2 heterocycles. The van der Waals surface area contributed by atoms with Crippen molar-refractivity contribution < 1.29 is 14.0 Å². The molecule has 0 aliphatic carbocycles. The summed E-state index contributed by atoms with van der Waals surface area (Å²) < 4.78 is 6.47. The first-order valence-electron chi connectivity index (χ1n) is 6.59. The largest absolute Gasteiger partial charge is 0.419 e. The van der Waals surface area contributed by atoms with Gasteiger partial charge in [0.2, 0.25) is 11.8 Å². The summed E-state index contributed by atoms with van der Waals surface area (Å²) in [6, 6.07) is 6.92. The molecular formula is C14H13BrN4O3. The standard InChI is InChI=1S/C14H13BrN4O3/c1-14(2)12(20)19(13(21)16-14)7-10-17-18-11(22-10)8-3-5-9(15)6-4-8/h3-6H,7H2,1-2H3,(H,16,21). The Bertz CT molecular complexity index is 739. The van der Waals surface area contributed by atoms with E-state index in [1.54, 1.807) is 13.8 Å². The second-order valence-electron chi connectivity index (χ2n) is 5.45. The monoisotopic (exact) mass is 364 g/mol. The van der Waals surface area contributed by atoms with Crippen molar-refractivity contribution in [3.63, 3.8) is 0 Å². The molecule has 1 fully saturated rings. The van der Waals surface area contributed by atoms with Gasteiger partial charge >= 0.3 is 6.03 Å². The quantitative estimate of drug-likeness (QED) is 0.844. The molecule has 1 N–H and O–H groups in total. The lowest BCUT2D eigenvalue weighted by Gasteiger charge is -2.14. The molecular weight excluding hydrogens is 352 g/mol. The highest BCUT2D eigenvalue weighted by molar-refractivity contribution is 9.10. The summed E-state index contributed by atoms with van der Waals surface area (Å²) in [5, 5.41) is 10.4. The fourth-order valence-corrected chi connectivity index (χ4v) is 2.39. The number of imide groups is 1. The van der Waals surface area contributed by atoms with Crippen LogP contribution < -0.4 is 5.32 Å². The Labute approximate surface area is 134 Å². The van der Waals surface area contributed by atoms with Crippen LogP contribution in [0.1, 0.15) is 19.7 Å². The molecule has 114 valence electrons. The first kappa shape index (κ1) is 14.7. The number of amides is 3. The van der Waals surface area contributed by atoms with Crippen LogP contribution in [0.4, 0.5) is 4.79 Å². The van der Waals surface area contributed by atoms with Gasteiger partial charge in [-0.05, 0) is 38.1 Å². The second kappa shape index (κ2) is 5.20. The van der Waals surface area contributed by atoms with Gasteiger partial charge in [-0.3, -0.25) is 9.69 Å². The summed E-state index contributed by atoms with van der Waals surface area (Å²) in [6.45, 7) is 3.25. The van der Waals surface area contributed by atoms with Crippen molar-refractivity contribution >= 4 is 27.9 Å². The molecule has 22 heavy (non-hydrogen) atoms. The molecule has 0 unspecified atom stereocenters. The van der Waals surface area contributed by atoms with E-state index in [9.17, 15) is 9.59 Å². The third kappa shape index (κ3) is 2.61. The van der Waals surface area contributed by atoms with E-state index in [0.29, 0.717) is 5.89 Å². The molecule has 1 aromatic carbocycles. The van der Waals surface area contributed by atoms with Crippen molar-refractivity contribution in [3.8, 4) is 11.5 Å². The van der Waals surface area contributed by atoms with E-state index in [2.05, 4.69) is 31.4 Å². The molecule has 7 nitrogen and oxygen atoms in total. The van der Waals surface area contributed by atoms with Crippen LogP contribution in [0, 0.1) is 0 Å². The van der Waals surface area contributed by atoms with Crippen molar-refractivity contribution in [2.45, 2.75) is 25.9 Å². The van der Waals surface area contributed by atoms with E-state index in [1.807, 2.05) is 24.3 Å². The maximum Gasteiger partial charge on any atom is 0.325 e. The van der Waals surface area contributed by atoms with Gasteiger partial charge in [-0.25, -0.2) is 4.79 Å². The van der Waals surface area contributed by atoms with Crippen molar-refractivity contribution in [1.82, 2.24) is 20.4 Å². The number of nitrogens with zero attached hydrogens (tertiary/aromatic N) is 3. The normalized spacial score (nSPS) is 17.0. The SMILES string of the molecule is CC1(C)NC(=O)N(Cc2nnc(-c3ccc(Br)cc3)o2)C1=O. The summed E-state index contributed by atoms with van der Waals surface area (Å²) in [7, 11) is 0. The minimum Gasteiger partial charge on any atom is -0.419 e. The minimum atomic E-state index is -0.911. The average molecular weight is 365 g/mol. The van der Waals surface area contributed by atoms with Gasteiger partial charge in [0.25, 0.3) is 5.91 Å². The number of rotatable bonds is 3. The molecule has 1 aromatic heterocycles. The van der Waals surface area contributed by atoms with Crippen LogP contribution >= 0.6 is 15.9 Å². The van der Waals surface area contributed by atoms with Crippen LogP contribution in [0.2, 0.25) is 0 Å². The smallest absolute Gasteiger partial charge is 0.325 e. The third-order valence-corrected chi connectivity index (χ3v) is 3.82. The molecule has 0 spiro atoms. The van der Waals surface area contributed by atoms with Crippen LogP contribution in [-0.2, 0) is 11.3 Å². The van der Waals surface area contributed by atoms with Crippen LogP contribution in [-0.4, -0.2) is 32.6 Å². The number of carbonyl (C=O) groups is 2. The predicted molar refractivity (Wildman–Crippen MR) is 80.6 cm³/mol. The van der Waals surface area contributed by atoms with Gasteiger partial charge in [-0.15, -0.1) is 10.2 Å². The summed E-state index contributed by atoms with van der Waals surface area (Å²) in [5.41, 5.74) is -0.148. The van der Waals surface area contributed by atoms with E-state index < -0.39 is 11.6 Å². The van der Waals surface area contributed by atoms with E-state index in [1.165, 1.54) is 0 Å². The van der Waals surface area contributed by atoms with Crippen molar-refractivity contribution in [1.29, 1.82) is 0 Å². The number of nitrogens with one attached hydrogen (secondary N) is 1. The van der Waals surface area contributed by atoms with E-state index in [4.69, 9.17) is 4.42 Å². The number of hydrogen-bond donors (Lipinski definition) is 1. The molecule has 1 saturated heterocycles. The number of carbonyl (C=O) groups excluding carboxylic acids is 2. The molecule has 3 rings (SSSR count). The Kier molecular flexibility index (Phi) is 3.48. The molecule has 2 aromatic rings. The van der Waals surface area contributed by atoms with Crippen LogP contribution in [0.15, 0.2) is 33.2 Å². The number of benzene rings is 1. The van der Waals surface area contributed by atoms with E-state index >= 15 is 0 Å². The first-order chi connectivity index (χ1) is 10.4. The average Bonchev–Trinajstić information content (AvgIpc) is 2.99. The van der Waals surface area contributed by atoms with Gasteiger partial charge < -0.3 is 9.73 Å². The van der Waals surface area contributed by atoms with E-state index in [-0.39, 0.29) is 18.3 Å². The lowest BCUT2D eigenvalue weighted by atomic mass is 10.1. The van der Waals surface area contributed by atoms with Crippen LogP contribution in [0.3, 0.4) is 0 Å². The number of halogens is 1. The van der Waals surface area contributed by atoms with Gasteiger partial charge in [-0.2, -0.15) is 0 Å². The molecule has 1 aliphatic heterocycles. The molecule has 1 aliphatic rings. The summed E-state index contributed by atoms with van der Waals surface area (Å²) in [4.78, 5) is 25.0. The minimum absolute atomic E-state index is 0.0440. The van der Waals surface area contributed by atoms with Gasteiger partial charge in [0.1, 0.15) is 12.1 Å². The van der Waals surface area contributed by atoms with Gasteiger partial charge in [0, 0.05) is 10.0 Å². The van der Waals surface area contributed by atoms with Crippen molar-refractivity contribution in [2.24, 2.45) is 0 Å². The first-order valence-corrected chi connectivity index (χ1v) is 7.38. The zero-order valence-electron chi connectivity index (χ0n) is 12.0. The molecule has 0 radical (unpaired) electrons. The fraction of sp³-hybridized carbons (Fsp3) is 0.286. The highest BCUT2D eigenvalue weighted by Crippen LogP contribution is 2.23. The van der Waals surface area contributed by atoms with Gasteiger partial charge in [-0.1, -0.05) is 15.9 Å². The lowest BCUT2D eigenvalue weighted by Crippen LogP contribution is -2.40.